The van der Waals surface area contributed by atoms with E-state index in [1.165, 1.54) is 0 Å². The normalized spacial score (nSPS) is 11.7. The zero-order valence-corrected chi connectivity index (χ0v) is 19.3. The summed E-state index contributed by atoms with van der Waals surface area (Å²) in [6.45, 7) is 3.95. The van der Waals surface area contributed by atoms with Crippen LogP contribution >= 0.6 is 0 Å². The zero-order chi connectivity index (χ0) is 23.5. The number of hydrogen-bond donors (Lipinski definition) is 3. The molecule has 7 aromatic rings. The van der Waals surface area contributed by atoms with Gasteiger partial charge in [0.05, 0.1) is 33.1 Å². The number of aromatic nitrogens is 6. The molecule has 6 heteroatoms. The molecule has 0 aliphatic rings. The second-order valence-corrected chi connectivity index (χ2v) is 9.01. The summed E-state index contributed by atoms with van der Waals surface area (Å²) in [5, 5.41) is 0. The van der Waals surface area contributed by atoms with E-state index in [9.17, 15) is 0 Å². The highest BCUT2D eigenvalue weighted by atomic mass is 14.9. The Labute approximate surface area is 201 Å². The molecule has 6 nitrogen and oxygen atoms in total. The highest BCUT2D eigenvalue weighted by Crippen LogP contribution is 2.30. The maximum absolute atomic E-state index is 4.87. The van der Waals surface area contributed by atoms with Crippen molar-refractivity contribution in [2.45, 2.75) is 13.8 Å². The van der Waals surface area contributed by atoms with Gasteiger partial charge in [0.1, 0.15) is 17.5 Å². The first-order valence-corrected chi connectivity index (χ1v) is 11.6. The number of hydrogen-bond acceptors (Lipinski definition) is 3. The maximum Gasteiger partial charge on any atom is 0.138 e. The van der Waals surface area contributed by atoms with E-state index in [1.54, 1.807) is 0 Å². The molecule has 0 fully saturated rings. The fourth-order valence-electron chi connectivity index (χ4n) is 4.81. The largest absolute Gasteiger partial charge is 0.342 e. The van der Waals surface area contributed by atoms with Crippen LogP contribution in [0.1, 0.15) is 11.6 Å². The van der Waals surface area contributed by atoms with Gasteiger partial charge in [0.15, 0.2) is 0 Å². The Morgan fingerprint density at radius 3 is 1.49 bits per heavy atom. The van der Waals surface area contributed by atoms with Gasteiger partial charge in [0, 0.05) is 5.56 Å². The van der Waals surface area contributed by atoms with E-state index in [2.05, 4.69) is 104 Å². The van der Waals surface area contributed by atoms with Crippen molar-refractivity contribution in [1.29, 1.82) is 0 Å². The van der Waals surface area contributed by atoms with Crippen molar-refractivity contribution in [2.75, 3.05) is 0 Å². The molecule has 0 saturated heterocycles. The van der Waals surface area contributed by atoms with Crippen molar-refractivity contribution < 1.29 is 0 Å². The number of nitrogens with one attached hydrogen (secondary N) is 3. The number of imidazole rings is 3. The monoisotopic (exact) mass is 454 g/mol. The van der Waals surface area contributed by atoms with E-state index < -0.39 is 0 Å². The lowest BCUT2D eigenvalue weighted by Gasteiger charge is -2.04. The molecule has 3 aromatic heterocycles. The first-order valence-electron chi connectivity index (χ1n) is 11.6. The summed E-state index contributed by atoms with van der Waals surface area (Å²) in [7, 11) is 0. The summed E-state index contributed by atoms with van der Waals surface area (Å²) < 4.78 is 0. The number of aryl methyl sites for hydroxylation is 2. The molecule has 0 aliphatic carbocycles. The van der Waals surface area contributed by atoms with Crippen LogP contribution in [0.15, 0.2) is 78.9 Å². The number of rotatable bonds is 3. The standard InChI is InChI=1S/C29H22N6/c1-16-30-23-9-6-19(13-26(23)32-16)18-4-3-5-22(12-18)29-34-25-11-8-21(15-28(25)35-29)20-7-10-24-27(14-20)33-17(2)31-24/h3-15H,1-2H3,(H,30,32)(H,31,33)(H,34,35). The third-order valence-electron chi connectivity index (χ3n) is 6.49. The minimum absolute atomic E-state index is 0.858. The van der Waals surface area contributed by atoms with Gasteiger partial charge >= 0.3 is 0 Å². The second-order valence-electron chi connectivity index (χ2n) is 9.01. The molecule has 3 N–H and O–H groups in total. The van der Waals surface area contributed by atoms with Gasteiger partial charge in [0.2, 0.25) is 0 Å². The molecule has 4 aromatic carbocycles. The molecule has 0 amide bonds. The predicted octanol–water partition coefficient (Wildman–Crippen LogP) is 6.93. The zero-order valence-electron chi connectivity index (χ0n) is 19.3. The van der Waals surface area contributed by atoms with Crippen LogP contribution in [0, 0.1) is 13.8 Å². The first-order chi connectivity index (χ1) is 17.1. The number of fused-ring (bicyclic) bond motifs is 3. The Bertz CT molecular complexity index is 1880. The van der Waals surface area contributed by atoms with Crippen molar-refractivity contribution in [1.82, 2.24) is 29.9 Å². The summed E-state index contributed by atoms with van der Waals surface area (Å²) in [6.07, 6.45) is 0. The van der Waals surface area contributed by atoms with E-state index in [1.807, 2.05) is 13.8 Å². The molecule has 0 unspecified atom stereocenters. The van der Waals surface area contributed by atoms with Gasteiger partial charge in [-0.05, 0) is 78.6 Å². The Balaban J connectivity index is 1.26. The fraction of sp³-hybridized carbons (Fsp3) is 0.0690. The highest BCUT2D eigenvalue weighted by molar-refractivity contribution is 5.88. The van der Waals surface area contributed by atoms with E-state index in [0.717, 1.165) is 78.4 Å². The van der Waals surface area contributed by atoms with E-state index in [-0.39, 0.29) is 0 Å². The van der Waals surface area contributed by atoms with E-state index in [0.29, 0.717) is 0 Å². The van der Waals surface area contributed by atoms with Crippen LogP contribution < -0.4 is 0 Å². The van der Waals surface area contributed by atoms with Gasteiger partial charge in [-0.25, -0.2) is 15.0 Å². The van der Waals surface area contributed by atoms with Gasteiger partial charge < -0.3 is 15.0 Å². The third-order valence-corrected chi connectivity index (χ3v) is 6.49. The molecular weight excluding hydrogens is 432 g/mol. The predicted molar refractivity (Wildman–Crippen MR) is 141 cm³/mol. The number of H-pyrrole nitrogens is 3. The van der Waals surface area contributed by atoms with Gasteiger partial charge in [-0.3, -0.25) is 0 Å². The van der Waals surface area contributed by atoms with Gasteiger partial charge in [-0.2, -0.15) is 0 Å². The molecule has 0 saturated carbocycles. The lowest BCUT2D eigenvalue weighted by atomic mass is 10.0. The summed E-state index contributed by atoms with van der Waals surface area (Å²) in [4.78, 5) is 24.1. The second kappa shape index (κ2) is 7.40. The maximum atomic E-state index is 4.87. The molecule has 0 aliphatic heterocycles. The Hall–Kier alpha value is -4.71. The summed E-state index contributed by atoms with van der Waals surface area (Å²) in [5.74, 6) is 2.71. The number of benzene rings is 4. The van der Waals surface area contributed by atoms with Crippen LogP contribution in [-0.4, -0.2) is 29.9 Å². The minimum Gasteiger partial charge on any atom is -0.342 e. The van der Waals surface area contributed by atoms with Crippen molar-refractivity contribution in [3.8, 4) is 33.6 Å². The Morgan fingerprint density at radius 2 is 0.914 bits per heavy atom. The molecule has 35 heavy (non-hydrogen) atoms. The number of aromatic amines is 3. The molecule has 0 spiro atoms. The molecular formula is C29H22N6. The average molecular weight is 455 g/mol. The lowest BCUT2D eigenvalue weighted by molar-refractivity contribution is 1.17. The van der Waals surface area contributed by atoms with E-state index >= 15 is 0 Å². The van der Waals surface area contributed by atoms with E-state index in [4.69, 9.17) is 4.98 Å². The minimum atomic E-state index is 0.858. The molecule has 0 radical (unpaired) electrons. The third kappa shape index (κ3) is 3.38. The molecule has 0 bridgehead atoms. The van der Waals surface area contributed by atoms with Gasteiger partial charge in [-0.1, -0.05) is 36.4 Å². The van der Waals surface area contributed by atoms with Crippen molar-refractivity contribution in [2.24, 2.45) is 0 Å². The average Bonchev–Trinajstić information content (AvgIpc) is 3.57. The summed E-state index contributed by atoms with van der Waals surface area (Å²) in [6, 6.07) is 27.5. The lowest BCUT2D eigenvalue weighted by Crippen LogP contribution is -1.83. The van der Waals surface area contributed by atoms with Gasteiger partial charge in [0.25, 0.3) is 0 Å². The fourth-order valence-corrected chi connectivity index (χ4v) is 4.81. The summed E-state index contributed by atoms with van der Waals surface area (Å²) in [5.41, 5.74) is 11.6. The molecule has 7 rings (SSSR count). The molecule has 3 heterocycles. The first kappa shape index (κ1) is 19.7. The Morgan fingerprint density at radius 1 is 0.457 bits per heavy atom. The molecule has 0 atom stereocenters. The van der Waals surface area contributed by atoms with Crippen LogP contribution in [0.25, 0.3) is 66.7 Å². The number of nitrogens with zero attached hydrogens (tertiary/aromatic N) is 3. The van der Waals surface area contributed by atoms with Crippen LogP contribution in [-0.2, 0) is 0 Å². The van der Waals surface area contributed by atoms with Crippen LogP contribution in [0.3, 0.4) is 0 Å². The van der Waals surface area contributed by atoms with Crippen LogP contribution in [0.2, 0.25) is 0 Å². The topological polar surface area (TPSA) is 86.0 Å². The molecule has 168 valence electrons. The van der Waals surface area contributed by atoms with Crippen LogP contribution in [0.4, 0.5) is 0 Å². The summed E-state index contributed by atoms with van der Waals surface area (Å²) >= 11 is 0. The van der Waals surface area contributed by atoms with Crippen LogP contribution in [0.5, 0.6) is 0 Å². The quantitative estimate of drug-likeness (QED) is 0.270. The van der Waals surface area contributed by atoms with Crippen molar-refractivity contribution in [3.05, 3.63) is 90.5 Å². The highest BCUT2D eigenvalue weighted by Gasteiger charge is 2.10. The smallest absolute Gasteiger partial charge is 0.138 e. The van der Waals surface area contributed by atoms with Crippen molar-refractivity contribution >= 4 is 33.1 Å². The van der Waals surface area contributed by atoms with Gasteiger partial charge in [-0.15, -0.1) is 0 Å². The van der Waals surface area contributed by atoms with Crippen molar-refractivity contribution in [3.63, 3.8) is 0 Å². The Kier molecular flexibility index (Phi) is 4.17. The SMILES string of the molecule is Cc1nc2ccc(-c3cccc(-c4nc5ccc(-c6ccc7nc(C)[nH]c7c6)cc5[nH]4)c3)cc2[nH]1.